The summed E-state index contributed by atoms with van der Waals surface area (Å²) < 4.78 is 2.12. The van der Waals surface area contributed by atoms with Crippen LogP contribution in [0.3, 0.4) is 0 Å². The standard InChI is InChI=1S/C22H17N2/c1-2-4-18(5-3-1)19-6-8-22(9-7-19)24-16-12-21(13-17-24)20-10-14-23-15-11-20/h1-17H/q+1. The second-order valence-corrected chi connectivity index (χ2v) is 5.64. The van der Waals surface area contributed by atoms with E-state index in [0.29, 0.717) is 0 Å². The zero-order valence-corrected chi connectivity index (χ0v) is 13.2. The fraction of sp³-hybridized carbons (Fsp3) is 0. The van der Waals surface area contributed by atoms with E-state index in [2.05, 4.69) is 82.6 Å². The number of aromatic nitrogens is 2. The predicted molar refractivity (Wildman–Crippen MR) is 96.6 cm³/mol. The van der Waals surface area contributed by atoms with Crippen LogP contribution < -0.4 is 4.57 Å². The summed E-state index contributed by atoms with van der Waals surface area (Å²) in [4.78, 5) is 4.06. The summed E-state index contributed by atoms with van der Waals surface area (Å²) in [5, 5.41) is 0. The van der Waals surface area contributed by atoms with Crippen LogP contribution in [0.25, 0.3) is 27.9 Å². The lowest BCUT2D eigenvalue weighted by molar-refractivity contribution is -0.595. The van der Waals surface area contributed by atoms with Crippen LogP contribution in [0.2, 0.25) is 0 Å². The molecule has 0 aliphatic rings. The van der Waals surface area contributed by atoms with Gasteiger partial charge in [-0.15, -0.1) is 0 Å². The Labute approximate surface area is 141 Å². The molecule has 0 amide bonds. The van der Waals surface area contributed by atoms with E-state index in [4.69, 9.17) is 0 Å². The lowest BCUT2D eigenvalue weighted by Gasteiger charge is -2.03. The molecule has 4 aromatic rings. The van der Waals surface area contributed by atoms with Gasteiger partial charge in [0.1, 0.15) is 0 Å². The molecule has 24 heavy (non-hydrogen) atoms. The topological polar surface area (TPSA) is 16.8 Å². The summed E-state index contributed by atoms with van der Waals surface area (Å²) in [6.07, 6.45) is 7.82. The van der Waals surface area contributed by atoms with Crippen molar-refractivity contribution in [1.82, 2.24) is 4.98 Å². The Morgan fingerprint density at radius 3 is 1.71 bits per heavy atom. The third-order valence-corrected chi connectivity index (χ3v) is 4.12. The smallest absolute Gasteiger partial charge is 0.210 e. The normalized spacial score (nSPS) is 10.5. The van der Waals surface area contributed by atoms with Gasteiger partial charge in [0.2, 0.25) is 5.69 Å². The van der Waals surface area contributed by atoms with Crippen LogP contribution in [0, 0.1) is 0 Å². The second kappa shape index (κ2) is 6.47. The molecule has 0 saturated heterocycles. The maximum absolute atomic E-state index is 4.06. The van der Waals surface area contributed by atoms with Crippen molar-refractivity contribution >= 4 is 0 Å². The van der Waals surface area contributed by atoms with E-state index in [9.17, 15) is 0 Å². The van der Waals surface area contributed by atoms with E-state index >= 15 is 0 Å². The molecule has 0 aliphatic carbocycles. The van der Waals surface area contributed by atoms with Crippen LogP contribution in [0.4, 0.5) is 0 Å². The van der Waals surface area contributed by atoms with Crippen molar-refractivity contribution in [3.8, 4) is 27.9 Å². The van der Waals surface area contributed by atoms with E-state index in [1.54, 1.807) is 0 Å². The van der Waals surface area contributed by atoms with E-state index in [-0.39, 0.29) is 0 Å². The number of pyridine rings is 2. The molecule has 0 saturated carbocycles. The highest BCUT2D eigenvalue weighted by molar-refractivity contribution is 5.64. The van der Waals surface area contributed by atoms with E-state index < -0.39 is 0 Å². The summed E-state index contributed by atoms with van der Waals surface area (Å²) in [5.41, 5.74) is 5.98. The monoisotopic (exact) mass is 309 g/mol. The van der Waals surface area contributed by atoms with Crippen molar-refractivity contribution in [3.05, 3.63) is 104 Å². The molecule has 0 unspecified atom stereocenters. The van der Waals surface area contributed by atoms with Crippen LogP contribution in [0.15, 0.2) is 104 Å². The Bertz CT molecular complexity index is 832. The van der Waals surface area contributed by atoms with Crippen LogP contribution in [-0.2, 0) is 0 Å². The van der Waals surface area contributed by atoms with Gasteiger partial charge in [0.05, 0.1) is 0 Å². The van der Waals surface area contributed by atoms with Crippen LogP contribution in [-0.4, -0.2) is 4.98 Å². The molecular formula is C22H17N2+. The largest absolute Gasteiger partial charge is 0.265 e. The first-order valence-corrected chi connectivity index (χ1v) is 7.98. The number of hydrogen-bond donors (Lipinski definition) is 0. The number of hydrogen-bond acceptors (Lipinski definition) is 1. The van der Waals surface area contributed by atoms with Gasteiger partial charge in [0.25, 0.3) is 0 Å². The van der Waals surface area contributed by atoms with Gasteiger partial charge >= 0.3 is 0 Å². The van der Waals surface area contributed by atoms with Gasteiger partial charge in [0.15, 0.2) is 12.4 Å². The molecule has 0 radical (unpaired) electrons. The minimum atomic E-state index is 1.15. The molecule has 0 spiro atoms. The molecule has 2 heteroatoms. The van der Waals surface area contributed by atoms with Crippen molar-refractivity contribution < 1.29 is 4.57 Å². The van der Waals surface area contributed by atoms with Crippen molar-refractivity contribution in [3.63, 3.8) is 0 Å². The zero-order chi connectivity index (χ0) is 16.2. The van der Waals surface area contributed by atoms with Crippen molar-refractivity contribution in [2.24, 2.45) is 0 Å². The third-order valence-electron chi connectivity index (χ3n) is 4.12. The van der Waals surface area contributed by atoms with Gasteiger partial charge in [-0.25, -0.2) is 0 Å². The minimum Gasteiger partial charge on any atom is -0.265 e. The Morgan fingerprint density at radius 1 is 0.500 bits per heavy atom. The molecule has 2 aromatic carbocycles. The Kier molecular flexibility index (Phi) is 3.86. The van der Waals surface area contributed by atoms with Crippen molar-refractivity contribution in [2.75, 3.05) is 0 Å². The lowest BCUT2D eigenvalue weighted by atomic mass is 10.1. The van der Waals surface area contributed by atoms with Gasteiger partial charge in [-0.05, 0) is 46.5 Å². The first-order valence-electron chi connectivity index (χ1n) is 7.98. The van der Waals surface area contributed by atoms with Crippen molar-refractivity contribution in [1.29, 1.82) is 0 Å². The van der Waals surface area contributed by atoms with Gasteiger partial charge in [0, 0.05) is 36.7 Å². The molecule has 0 aliphatic heterocycles. The molecule has 2 aromatic heterocycles. The summed E-state index contributed by atoms with van der Waals surface area (Å²) in [5.74, 6) is 0. The highest BCUT2D eigenvalue weighted by atomic mass is 14.9. The van der Waals surface area contributed by atoms with Crippen molar-refractivity contribution in [2.45, 2.75) is 0 Å². The molecule has 2 nitrogen and oxygen atoms in total. The first kappa shape index (κ1) is 14.3. The summed E-state index contributed by atoms with van der Waals surface area (Å²) in [6, 6.07) is 27.3. The zero-order valence-electron chi connectivity index (χ0n) is 13.2. The first-order chi connectivity index (χ1) is 11.9. The van der Waals surface area contributed by atoms with Crippen LogP contribution in [0.1, 0.15) is 0 Å². The fourth-order valence-corrected chi connectivity index (χ4v) is 2.79. The van der Waals surface area contributed by atoms with Gasteiger partial charge < -0.3 is 0 Å². The van der Waals surface area contributed by atoms with Crippen LogP contribution >= 0.6 is 0 Å². The highest BCUT2D eigenvalue weighted by Crippen LogP contribution is 2.20. The van der Waals surface area contributed by atoms with Gasteiger partial charge in [-0.2, -0.15) is 4.57 Å². The molecular weight excluding hydrogens is 292 g/mol. The number of nitrogens with zero attached hydrogens (tertiary/aromatic N) is 2. The number of benzene rings is 2. The lowest BCUT2D eigenvalue weighted by Crippen LogP contribution is -2.28. The van der Waals surface area contributed by atoms with Gasteiger partial charge in [-0.1, -0.05) is 30.3 Å². The molecule has 0 fully saturated rings. The highest BCUT2D eigenvalue weighted by Gasteiger charge is 2.07. The summed E-state index contributed by atoms with van der Waals surface area (Å²) in [6.45, 7) is 0. The van der Waals surface area contributed by atoms with Crippen LogP contribution in [0.5, 0.6) is 0 Å². The average Bonchev–Trinajstić information content (AvgIpc) is 2.70. The van der Waals surface area contributed by atoms with E-state index in [0.717, 1.165) is 5.69 Å². The average molecular weight is 309 g/mol. The maximum atomic E-state index is 4.06. The molecule has 2 heterocycles. The van der Waals surface area contributed by atoms with E-state index in [1.807, 2.05) is 30.6 Å². The molecule has 0 N–H and O–H groups in total. The Morgan fingerprint density at radius 2 is 1.04 bits per heavy atom. The SMILES string of the molecule is c1ccc(-c2ccc(-[n+]3ccc(-c4ccncc4)cc3)cc2)cc1. The second-order valence-electron chi connectivity index (χ2n) is 5.64. The summed E-state index contributed by atoms with van der Waals surface area (Å²) >= 11 is 0. The minimum absolute atomic E-state index is 1.15. The fourth-order valence-electron chi connectivity index (χ4n) is 2.79. The molecule has 4 rings (SSSR count). The Balaban J connectivity index is 1.60. The Hall–Kier alpha value is -3.26. The molecule has 114 valence electrons. The number of rotatable bonds is 3. The maximum Gasteiger partial charge on any atom is 0.210 e. The van der Waals surface area contributed by atoms with E-state index in [1.165, 1.54) is 22.3 Å². The molecule has 0 bridgehead atoms. The predicted octanol–water partition coefficient (Wildman–Crippen LogP) is 4.69. The third kappa shape index (κ3) is 2.95. The van der Waals surface area contributed by atoms with Gasteiger partial charge in [-0.3, -0.25) is 4.98 Å². The summed E-state index contributed by atoms with van der Waals surface area (Å²) in [7, 11) is 0. The quantitative estimate of drug-likeness (QED) is 0.502. The molecule has 0 atom stereocenters.